The molecule has 1 heterocycles. The van der Waals surface area contributed by atoms with Crippen LogP contribution in [0.2, 0.25) is 0 Å². The third-order valence-electron chi connectivity index (χ3n) is 5.05. The van der Waals surface area contributed by atoms with Crippen molar-refractivity contribution in [3.63, 3.8) is 0 Å². The molecule has 1 atom stereocenters. The van der Waals surface area contributed by atoms with Crippen LogP contribution >= 0.6 is 0 Å². The zero-order chi connectivity index (χ0) is 15.7. The summed E-state index contributed by atoms with van der Waals surface area (Å²) < 4.78 is 5.81. The van der Waals surface area contributed by atoms with Crippen LogP contribution in [-0.4, -0.2) is 49.3 Å². The van der Waals surface area contributed by atoms with Crippen LogP contribution in [0, 0.1) is 5.92 Å². The van der Waals surface area contributed by atoms with E-state index in [0.29, 0.717) is 11.6 Å². The molecule has 1 rings (SSSR count). The van der Waals surface area contributed by atoms with Crippen molar-refractivity contribution in [1.82, 2.24) is 10.2 Å². The van der Waals surface area contributed by atoms with Crippen LogP contribution in [0.5, 0.6) is 0 Å². The number of piperazine rings is 1. The Morgan fingerprint density at radius 1 is 1.19 bits per heavy atom. The summed E-state index contributed by atoms with van der Waals surface area (Å²) in [5.41, 5.74) is 0.335. The quantitative estimate of drug-likeness (QED) is 0.623. The third-order valence-corrected chi connectivity index (χ3v) is 5.05. The highest BCUT2D eigenvalue weighted by molar-refractivity contribution is 4.97. The van der Waals surface area contributed by atoms with Gasteiger partial charge in [-0.25, -0.2) is 0 Å². The number of nitrogens with zero attached hydrogens (tertiary/aromatic N) is 1. The molecule has 0 saturated carbocycles. The van der Waals surface area contributed by atoms with Crippen molar-refractivity contribution in [3.8, 4) is 0 Å². The minimum atomic E-state index is 0.335. The molecule has 3 nitrogen and oxygen atoms in total. The predicted molar refractivity (Wildman–Crippen MR) is 91.9 cm³/mol. The lowest BCUT2D eigenvalue weighted by Gasteiger charge is -2.50. The van der Waals surface area contributed by atoms with Crippen LogP contribution in [0.15, 0.2) is 0 Å². The summed E-state index contributed by atoms with van der Waals surface area (Å²) in [6.45, 7) is 16.7. The average molecular weight is 299 g/mol. The minimum absolute atomic E-state index is 0.335. The number of unbranched alkanes of at least 4 members (excludes halogenated alkanes) is 1. The lowest BCUT2D eigenvalue weighted by molar-refractivity contribution is 0.00154. The van der Waals surface area contributed by atoms with Gasteiger partial charge in [-0.15, -0.1) is 0 Å². The zero-order valence-electron chi connectivity index (χ0n) is 15.1. The molecule has 0 aromatic heterocycles. The molecule has 0 aromatic carbocycles. The molecule has 0 spiro atoms. The van der Waals surface area contributed by atoms with Crippen molar-refractivity contribution in [1.29, 1.82) is 0 Å². The summed E-state index contributed by atoms with van der Waals surface area (Å²) in [5, 5.41) is 3.80. The van der Waals surface area contributed by atoms with Crippen LogP contribution < -0.4 is 5.32 Å². The number of rotatable bonds is 10. The fourth-order valence-electron chi connectivity index (χ4n) is 3.50. The molecule has 1 N–H and O–H groups in total. The van der Waals surface area contributed by atoms with E-state index in [4.69, 9.17) is 4.74 Å². The van der Waals surface area contributed by atoms with Gasteiger partial charge in [-0.3, -0.25) is 4.90 Å². The number of nitrogens with one attached hydrogen (secondary N) is 1. The van der Waals surface area contributed by atoms with Crippen LogP contribution in [0.3, 0.4) is 0 Å². The molecule has 0 amide bonds. The molecule has 0 aliphatic carbocycles. The van der Waals surface area contributed by atoms with Gasteiger partial charge >= 0.3 is 0 Å². The fraction of sp³-hybridized carbons (Fsp3) is 1.00. The molecule has 126 valence electrons. The Labute approximate surface area is 132 Å². The number of hydrogen-bond donors (Lipinski definition) is 1. The van der Waals surface area contributed by atoms with Gasteiger partial charge in [-0.2, -0.15) is 0 Å². The van der Waals surface area contributed by atoms with Crippen molar-refractivity contribution >= 4 is 0 Å². The first-order valence-electron chi connectivity index (χ1n) is 9.14. The first kappa shape index (κ1) is 18.9. The Kier molecular flexibility index (Phi) is 8.84. The summed E-state index contributed by atoms with van der Waals surface area (Å²) in [6.07, 6.45) is 6.12. The van der Waals surface area contributed by atoms with Crippen molar-refractivity contribution in [2.75, 3.05) is 32.8 Å². The maximum absolute atomic E-state index is 5.81. The van der Waals surface area contributed by atoms with Crippen molar-refractivity contribution in [3.05, 3.63) is 0 Å². The summed E-state index contributed by atoms with van der Waals surface area (Å²) in [6, 6.07) is 0.645. The van der Waals surface area contributed by atoms with E-state index < -0.39 is 0 Å². The predicted octanol–water partition coefficient (Wildman–Crippen LogP) is 3.68. The molecular formula is C18H38N2O. The highest BCUT2D eigenvalue weighted by Crippen LogP contribution is 2.28. The Balaban J connectivity index is 2.52. The van der Waals surface area contributed by atoms with Crippen molar-refractivity contribution in [2.45, 2.75) is 78.3 Å². The van der Waals surface area contributed by atoms with Gasteiger partial charge in [0.2, 0.25) is 0 Å². The van der Waals surface area contributed by atoms with Crippen LogP contribution in [0.25, 0.3) is 0 Å². The Bertz CT molecular complexity index is 264. The van der Waals surface area contributed by atoms with Crippen LogP contribution in [0.1, 0.15) is 66.7 Å². The van der Waals surface area contributed by atoms with Crippen molar-refractivity contribution in [2.24, 2.45) is 5.92 Å². The van der Waals surface area contributed by atoms with Gasteiger partial charge < -0.3 is 10.1 Å². The standard InChI is InChI=1S/C18H38N2O/c1-6-9-11-21-12-10-20-14-17(13-16(4)5)19-15-18(20,7-2)8-3/h16-17,19H,6-15H2,1-5H3. The second-order valence-electron chi connectivity index (χ2n) is 7.05. The first-order chi connectivity index (χ1) is 10.1. The van der Waals surface area contributed by atoms with E-state index in [-0.39, 0.29) is 0 Å². The average Bonchev–Trinajstić information content (AvgIpc) is 2.47. The Hall–Kier alpha value is -0.120. The lowest BCUT2D eigenvalue weighted by Crippen LogP contribution is -2.64. The van der Waals surface area contributed by atoms with Gasteiger partial charge in [0, 0.05) is 37.8 Å². The van der Waals surface area contributed by atoms with E-state index in [1.165, 1.54) is 38.6 Å². The fourth-order valence-corrected chi connectivity index (χ4v) is 3.50. The van der Waals surface area contributed by atoms with Gasteiger partial charge in [0.1, 0.15) is 0 Å². The van der Waals surface area contributed by atoms with E-state index >= 15 is 0 Å². The van der Waals surface area contributed by atoms with E-state index in [9.17, 15) is 0 Å². The summed E-state index contributed by atoms with van der Waals surface area (Å²) in [7, 11) is 0. The second-order valence-corrected chi connectivity index (χ2v) is 7.05. The van der Waals surface area contributed by atoms with Gasteiger partial charge in [-0.05, 0) is 31.6 Å². The van der Waals surface area contributed by atoms with Crippen LogP contribution in [-0.2, 0) is 4.74 Å². The monoisotopic (exact) mass is 298 g/mol. The maximum Gasteiger partial charge on any atom is 0.0593 e. The third kappa shape index (κ3) is 5.88. The van der Waals surface area contributed by atoms with Crippen molar-refractivity contribution < 1.29 is 4.74 Å². The van der Waals surface area contributed by atoms with E-state index in [1.54, 1.807) is 0 Å². The molecule has 1 unspecified atom stereocenters. The van der Waals surface area contributed by atoms with Gasteiger partial charge in [0.25, 0.3) is 0 Å². The minimum Gasteiger partial charge on any atom is -0.380 e. The molecule has 0 radical (unpaired) electrons. The summed E-state index contributed by atoms with van der Waals surface area (Å²) in [5.74, 6) is 0.765. The molecule has 1 saturated heterocycles. The molecule has 1 aliphatic heterocycles. The van der Waals surface area contributed by atoms with E-state index in [1.807, 2.05) is 0 Å². The highest BCUT2D eigenvalue weighted by Gasteiger charge is 2.38. The first-order valence-corrected chi connectivity index (χ1v) is 9.14. The summed E-state index contributed by atoms with van der Waals surface area (Å²) in [4.78, 5) is 2.71. The zero-order valence-corrected chi connectivity index (χ0v) is 15.1. The molecule has 21 heavy (non-hydrogen) atoms. The number of ether oxygens (including phenoxy) is 1. The molecule has 0 bridgehead atoms. The van der Waals surface area contributed by atoms with Crippen LogP contribution in [0.4, 0.5) is 0 Å². The Morgan fingerprint density at radius 3 is 2.48 bits per heavy atom. The topological polar surface area (TPSA) is 24.5 Å². The largest absolute Gasteiger partial charge is 0.380 e. The summed E-state index contributed by atoms with van der Waals surface area (Å²) >= 11 is 0. The van der Waals surface area contributed by atoms with Gasteiger partial charge in [0.15, 0.2) is 0 Å². The Morgan fingerprint density at radius 2 is 1.90 bits per heavy atom. The van der Waals surface area contributed by atoms with Gasteiger partial charge in [0.05, 0.1) is 6.61 Å². The van der Waals surface area contributed by atoms with E-state index in [0.717, 1.165) is 32.2 Å². The lowest BCUT2D eigenvalue weighted by atomic mass is 9.86. The molecular weight excluding hydrogens is 260 g/mol. The number of hydrogen-bond acceptors (Lipinski definition) is 3. The SMILES string of the molecule is CCCCOCCN1CC(CC(C)C)NCC1(CC)CC. The maximum atomic E-state index is 5.81. The van der Waals surface area contributed by atoms with E-state index in [2.05, 4.69) is 44.8 Å². The molecule has 0 aromatic rings. The second kappa shape index (κ2) is 9.81. The highest BCUT2D eigenvalue weighted by atomic mass is 16.5. The normalized spacial score (nSPS) is 22.9. The molecule has 3 heteroatoms. The molecule has 1 aliphatic rings. The smallest absolute Gasteiger partial charge is 0.0593 e. The molecule has 1 fully saturated rings. The van der Waals surface area contributed by atoms with Gasteiger partial charge in [-0.1, -0.05) is 41.0 Å².